The number of halogens is 2. The summed E-state index contributed by atoms with van der Waals surface area (Å²) in [6.45, 7) is 0. The molecule has 4 heteroatoms. The predicted molar refractivity (Wildman–Crippen MR) is 57.7 cm³/mol. The first-order valence-corrected chi connectivity index (χ1v) is 4.94. The molecule has 0 aliphatic rings. The minimum atomic E-state index is -1.13. The Labute approximate surface area is 92.0 Å². The highest BCUT2D eigenvalue weighted by Crippen LogP contribution is 2.12. The maximum Gasteiger partial charge on any atom is 0.335 e. The molecule has 0 aliphatic heterocycles. The van der Waals surface area contributed by atoms with Crippen molar-refractivity contribution >= 4 is 23.6 Å². The van der Waals surface area contributed by atoms with Crippen molar-refractivity contribution in [3.05, 3.63) is 41.2 Å². The Morgan fingerprint density at radius 1 is 1.53 bits per heavy atom. The van der Waals surface area contributed by atoms with Crippen LogP contribution in [0.4, 0.5) is 4.39 Å². The molecule has 0 fully saturated rings. The molecule has 1 N–H and O–H groups in total. The molecule has 1 aromatic rings. The first-order chi connectivity index (χ1) is 7.15. The molecule has 0 heterocycles. The lowest BCUT2D eigenvalue weighted by Gasteiger charge is -1.98. The van der Waals surface area contributed by atoms with Crippen LogP contribution in [0.15, 0.2) is 24.3 Å². The minimum absolute atomic E-state index is 0.0537. The van der Waals surface area contributed by atoms with E-state index in [1.54, 1.807) is 12.2 Å². The van der Waals surface area contributed by atoms with E-state index in [1.165, 1.54) is 12.1 Å². The molecule has 0 saturated carbocycles. The van der Waals surface area contributed by atoms with Crippen molar-refractivity contribution in [1.29, 1.82) is 0 Å². The fourth-order valence-electron chi connectivity index (χ4n) is 1.07. The number of benzene rings is 1. The Kier molecular flexibility index (Phi) is 4.31. The Morgan fingerprint density at radius 2 is 2.27 bits per heavy atom. The van der Waals surface area contributed by atoms with Crippen molar-refractivity contribution in [2.45, 2.75) is 6.42 Å². The van der Waals surface area contributed by atoms with Gasteiger partial charge < -0.3 is 5.11 Å². The van der Waals surface area contributed by atoms with E-state index in [0.29, 0.717) is 17.9 Å². The number of carboxylic acids is 1. The number of hydrogen-bond donors (Lipinski definition) is 1. The summed E-state index contributed by atoms with van der Waals surface area (Å²) in [6, 6.07) is 3.80. The molecule has 15 heavy (non-hydrogen) atoms. The van der Waals surface area contributed by atoms with Gasteiger partial charge in [-0.1, -0.05) is 18.2 Å². The fraction of sp³-hybridized carbons (Fsp3) is 0.182. The summed E-state index contributed by atoms with van der Waals surface area (Å²) in [7, 11) is 0. The van der Waals surface area contributed by atoms with Crippen LogP contribution in [0.5, 0.6) is 0 Å². The molecule has 0 aromatic heterocycles. The zero-order chi connectivity index (χ0) is 11.3. The molecule has 0 spiro atoms. The molecule has 0 amide bonds. The molecule has 1 rings (SSSR count). The molecule has 0 bridgehead atoms. The molecule has 0 aliphatic carbocycles. The molecule has 0 radical (unpaired) electrons. The number of carboxylic acid groups (broad SMARTS) is 1. The summed E-state index contributed by atoms with van der Waals surface area (Å²) < 4.78 is 13.3. The number of carbonyl (C=O) groups is 1. The molecule has 80 valence electrons. The average Bonchev–Trinajstić information content (AvgIpc) is 2.20. The van der Waals surface area contributed by atoms with Gasteiger partial charge >= 0.3 is 5.97 Å². The van der Waals surface area contributed by atoms with Crippen LogP contribution in [-0.2, 0) is 0 Å². The number of alkyl halides is 1. The van der Waals surface area contributed by atoms with Gasteiger partial charge in [-0.3, -0.25) is 0 Å². The Bertz CT molecular complexity index is 388. The van der Waals surface area contributed by atoms with Crippen molar-refractivity contribution in [2.75, 3.05) is 5.88 Å². The van der Waals surface area contributed by atoms with E-state index in [-0.39, 0.29) is 5.56 Å². The summed E-state index contributed by atoms with van der Waals surface area (Å²) in [4.78, 5) is 10.5. The highest BCUT2D eigenvalue weighted by atomic mass is 35.5. The second-order valence-electron chi connectivity index (χ2n) is 2.92. The Balaban J connectivity index is 2.88. The summed E-state index contributed by atoms with van der Waals surface area (Å²) in [5, 5.41) is 8.61. The highest BCUT2D eigenvalue weighted by Gasteiger charge is 2.05. The van der Waals surface area contributed by atoms with Gasteiger partial charge in [-0.05, 0) is 18.6 Å². The monoisotopic (exact) mass is 228 g/mol. The maximum absolute atomic E-state index is 13.3. The van der Waals surface area contributed by atoms with Gasteiger partial charge in [0.2, 0.25) is 0 Å². The van der Waals surface area contributed by atoms with E-state index in [4.69, 9.17) is 16.7 Å². The first-order valence-electron chi connectivity index (χ1n) is 4.40. The topological polar surface area (TPSA) is 37.3 Å². The number of hydrogen-bond acceptors (Lipinski definition) is 1. The van der Waals surface area contributed by atoms with Crippen LogP contribution in [0.2, 0.25) is 0 Å². The summed E-state index contributed by atoms with van der Waals surface area (Å²) >= 11 is 5.45. The third kappa shape index (κ3) is 3.36. The zero-order valence-electron chi connectivity index (χ0n) is 7.91. The van der Waals surface area contributed by atoms with Crippen LogP contribution in [0.1, 0.15) is 22.3 Å². The molecule has 0 unspecified atom stereocenters. The fourth-order valence-corrected chi connectivity index (χ4v) is 1.19. The molecular formula is C11H10ClFO2. The summed E-state index contributed by atoms with van der Waals surface area (Å²) in [6.07, 6.45) is 3.98. The third-order valence-corrected chi connectivity index (χ3v) is 2.04. The van der Waals surface area contributed by atoms with Crippen molar-refractivity contribution < 1.29 is 14.3 Å². The molecule has 0 atom stereocenters. The van der Waals surface area contributed by atoms with Gasteiger partial charge in [-0.15, -0.1) is 11.6 Å². The predicted octanol–water partition coefficient (Wildman–Crippen LogP) is 3.17. The highest BCUT2D eigenvalue weighted by molar-refractivity contribution is 6.17. The third-order valence-electron chi connectivity index (χ3n) is 1.82. The van der Waals surface area contributed by atoms with Gasteiger partial charge in [0.1, 0.15) is 5.82 Å². The van der Waals surface area contributed by atoms with Gasteiger partial charge in [0.25, 0.3) is 0 Å². The lowest BCUT2D eigenvalue weighted by Crippen LogP contribution is -1.97. The van der Waals surface area contributed by atoms with Crippen LogP contribution in [0, 0.1) is 5.82 Å². The Hall–Kier alpha value is -1.35. The van der Waals surface area contributed by atoms with Crippen molar-refractivity contribution in [1.82, 2.24) is 0 Å². The molecule has 0 saturated heterocycles. The van der Waals surface area contributed by atoms with Gasteiger partial charge in [0.05, 0.1) is 5.56 Å². The number of allylic oxidation sites excluding steroid dienone is 1. The van der Waals surface area contributed by atoms with Crippen LogP contribution < -0.4 is 0 Å². The van der Waals surface area contributed by atoms with Crippen LogP contribution >= 0.6 is 11.6 Å². The maximum atomic E-state index is 13.3. The van der Waals surface area contributed by atoms with Crippen molar-refractivity contribution in [2.24, 2.45) is 0 Å². The van der Waals surface area contributed by atoms with E-state index in [2.05, 4.69) is 0 Å². The van der Waals surface area contributed by atoms with Crippen molar-refractivity contribution in [3.63, 3.8) is 0 Å². The van der Waals surface area contributed by atoms with Crippen molar-refractivity contribution in [3.8, 4) is 0 Å². The standard InChI is InChI=1S/C11H10ClFO2/c12-6-2-1-3-8-4-5-9(11(14)15)7-10(8)13/h1,3-5,7H,2,6H2,(H,14,15). The minimum Gasteiger partial charge on any atom is -0.478 e. The van der Waals surface area contributed by atoms with Gasteiger partial charge in [-0.25, -0.2) is 9.18 Å². The lowest BCUT2D eigenvalue weighted by molar-refractivity contribution is 0.0696. The Morgan fingerprint density at radius 3 is 2.80 bits per heavy atom. The van der Waals surface area contributed by atoms with E-state index >= 15 is 0 Å². The van der Waals surface area contributed by atoms with E-state index in [0.717, 1.165) is 6.07 Å². The molecule has 2 nitrogen and oxygen atoms in total. The van der Waals surface area contributed by atoms with E-state index < -0.39 is 11.8 Å². The molecule has 1 aromatic carbocycles. The van der Waals surface area contributed by atoms with E-state index in [1.807, 2.05) is 0 Å². The average molecular weight is 229 g/mol. The van der Waals surface area contributed by atoms with Crippen LogP contribution in [-0.4, -0.2) is 17.0 Å². The van der Waals surface area contributed by atoms with Gasteiger partial charge in [0, 0.05) is 11.4 Å². The smallest absolute Gasteiger partial charge is 0.335 e. The summed E-state index contributed by atoms with van der Waals surface area (Å²) in [5.74, 6) is -1.20. The summed E-state index contributed by atoms with van der Waals surface area (Å²) in [5.41, 5.74) is 0.312. The SMILES string of the molecule is O=C(O)c1ccc(C=CCCCl)c(F)c1. The second-order valence-corrected chi connectivity index (χ2v) is 3.30. The first kappa shape index (κ1) is 11.7. The van der Waals surface area contributed by atoms with E-state index in [9.17, 15) is 9.18 Å². The number of aromatic carboxylic acids is 1. The zero-order valence-corrected chi connectivity index (χ0v) is 8.67. The van der Waals surface area contributed by atoms with Gasteiger partial charge in [0.15, 0.2) is 0 Å². The van der Waals surface area contributed by atoms with Gasteiger partial charge in [-0.2, -0.15) is 0 Å². The van der Waals surface area contributed by atoms with Crippen LogP contribution in [0.25, 0.3) is 6.08 Å². The lowest BCUT2D eigenvalue weighted by atomic mass is 10.1. The van der Waals surface area contributed by atoms with Crippen LogP contribution in [0.3, 0.4) is 0 Å². The largest absolute Gasteiger partial charge is 0.478 e. The second kappa shape index (κ2) is 5.51. The quantitative estimate of drug-likeness (QED) is 0.804. The normalized spacial score (nSPS) is 10.8. The molecular weight excluding hydrogens is 219 g/mol. The number of rotatable bonds is 4.